The summed E-state index contributed by atoms with van der Waals surface area (Å²) in [6, 6.07) is 9.59. The molecule has 0 atom stereocenters. The Morgan fingerprint density at radius 3 is 2.10 bits per heavy atom. The van der Waals surface area contributed by atoms with Crippen molar-refractivity contribution in [2.75, 3.05) is 24.5 Å². The lowest BCUT2D eigenvalue weighted by molar-refractivity contribution is 0.348. The van der Waals surface area contributed by atoms with Crippen molar-refractivity contribution >= 4 is 10.0 Å². The first-order chi connectivity index (χ1) is 9.94. The van der Waals surface area contributed by atoms with Gasteiger partial charge in [-0.1, -0.05) is 44.0 Å². The zero-order valence-electron chi connectivity index (χ0n) is 14.5. The number of hydrogen-bond donors (Lipinski definition) is 0. The number of hydrogen-bond acceptors (Lipinski definition) is 0. The van der Waals surface area contributed by atoms with Gasteiger partial charge < -0.3 is 0 Å². The van der Waals surface area contributed by atoms with Crippen LogP contribution in [0.15, 0.2) is 24.3 Å². The standard InChI is InChI=1S/C20H34S/c1-17-8-12-19(13-9-17)20-14-10-18(11-15-20)7-5-6-16-21(2,3)4/h10-11,14-15,17,19H,5-9,12-13,16H2,1-4H3. The Hall–Kier alpha value is -0.430. The third kappa shape index (κ3) is 6.06. The van der Waals surface area contributed by atoms with Gasteiger partial charge in [0, 0.05) is 0 Å². The van der Waals surface area contributed by atoms with Crippen molar-refractivity contribution < 1.29 is 0 Å². The van der Waals surface area contributed by atoms with E-state index in [4.69, 9.17) is 0 Å². The molecule has 0 spiro atoms. The maximum absolute atomic E-state index is 2.42. The lowest BCUT2D eigenvalue weighted by atomic mass is 9.79. The van der Waals surface area contributed by atoms with Crippen molar-refractivity contribution in [1.29, 1.82) is 0 Å². The largest absolute Gasteiger partial charge is 0.250 e. The second-order valence-corrected chi connectivity index (χ2v) is 12.5. The number of unbranched alkanes of at least 4 members (excludes halogenated alkanes) is 1. The third-order valence-electron chi connectivity index (χ3n) is 4.94. The predicted octanol–water partition coefficient (Wildman–Crippen LogP) is 6.00. The molecule has 0 radical (unpaired) electrons. The highest BCUT2D eigenvalue weighted by Crippen LogP contribution is 2.36. The molecule has 1 saturated carbocycles. The molecule has 0 nitrogen and oxygen atoms in total. The molecule has 1 aromatic carbocycles. The number of rotatable bonds is 6. The monoisotopic (exact) mass is 306 g/mol. The highest BCUT2D eigenvalue weighted by molar-refractivity contribution is 8.32. The number of aryl methyl sites for hydroxylation is 1. The Bertz CT molecular complexity index is 404. The molecule has 0 unspecified atom stereocenters. The van der Waals surface area contributed by atoms with E-state index in [2.05, 4.69) is 50.0 Å². The van der Waals surface area contributed by atoms with Crippen molar-refractivity contribution in [2.45, 2.75) is 57.8 Å². The van der Waals surface area contributed by atoms with Gasteiger partial charge in [0.25, 0.3) is 0 Å². The van der Waals surface area contributed by atoms with Crippen LogP contribution in [0.4, 0.5) is 0 Å². The van der Waals surface area contributed by atoms with Gasteiger partial charge in [0.2, 0.25) is 0 Å². The van der Waals surface area contributed by atoms with Gasteiger partial charge in [-0.15, -0.1) is 0 Å². The van der Waals surface area contributed by atoms with Crippen LogP contribution in [0.1, 0.15) is 62.5 Å². The normalized spacial score (nSPS) is 24.0. The molecule has 21 heavy (non-hydrogen) atoms. The van der Waals surface area contributed by atoms with Crippen LogP contribution in [0.2, 0.25) is 0 Å². The maximum atomic E-state index is 2.42. The summed E-state index contributed by atoms with van der Waals surface area (Å²) in [4.78, 5) is 0. The van der Waals surface area contributed by atoms with Crippen LogP contribution in [0.3, 0.4) is 0 Å². The first kappa shape index (κ1) is 16.9. The fourth-order valence-electron chi connectivity index (χ4n) is 3.41. The van der Waals surface area contributed by atoms with E-state index in [-0.39, 0.29) is 10.0 Å². The van der Waals surface area contributed by atoms with E-state index in [1.54, 1.807) is 5.56 Å². The smallest absolute Gasteiger partial charge is 0.0162 e. The van der Waals surface area contributed by atoms with Crippen LogP contribution in [0.25, 0.3) is 0 Å². The predicted molar refractivity (Wildman–Crippen MR) is 100.0 cm³/mol. The Morgan fingerprint density at radius 2 is 1.52 bits per heavy atom. The molecule has 1 aliphatic rings. The van der Waals surface area contributed by atoms with Gasteiger partial charge in [0.05, 0.1) is 0 Å². The molecular formula is C20H34S. The van der Waals surface area contributed by atoms with Crippen LogP contribution in [-0.2, 0) is 6.42 Å². The average Bonchev–Trinajstić information content (AvgIpc) is 2.44. The fraction of sp³-hybridized carbons (Fsp3) is 0.700. The molecule has 1 aromatic rings. The first-order valence-electron chi connectivity index (χ1n) is 8.69. The van der Waals surface area contributed by atoms with Crippen LogP contribution in [0.5, 0.6) is 0 Å². The van der Waals surface area contributed by atoms with Gasteiger partial charge in [-0.25, -0.2) is 10.0 Å². The molecule has 0 N–H and O–H groups in total. The summed E-state index contributed by atoms with van der Waals surface area (Å²) in [7, 11) is -0.304. The van der Waals surface area contributed by atoms with E-state index < -0.39 is 0 Å². The molecule has 0 aliphatic heterocycles. The van der Waals surface area contributed by atoms with E-state index in [0.717, 1.165) is 11.8 Å². The van der Waals surface area contributed by atoms with Gasteiger partial charge in [-0.3, -0.25) is 0 Å². The van der Waals surface area contributed by atoms with Crippen molar-refractivity contribution in [3.8, 4) is 0 Å². The minimum absolute atomic E-state index is 0.304. The van der Waals surface area contributed by atoms with E-state index in [9.17, 15) is 0 Å². The summed E-state index contributed by atoms with van der Waals surface area (Å²) in [6.07, 6.45) is 16.9. The molecular weight excluding hydrogens is 272 g/mol. The second kappa shape index (κ2) is 7.72. The summed E-state index contributed by atoms with van der Waals surface area (Å²) in [5.74, 6) is 3.20. The minimum Gasteiger partial charge on any atom is -0.250 e. The van der Waals surface area contributed by atoms with E-state index >= 15 is 0 Å². The highest BCUT2D eigenvalue weighted by Gasteiger charge is 2.19. The summed E-state index contributed by atoms with van der Waals surface area (Å²) in [5.41, 5.74) is 3.12. The molecule has 2 rings (SSSR count). The molecule has 0 bridgehead atoms. The fourth-order valence-corrected chi connectivity index (χ4v) is 4.48. The van der Waals surface area contributed by atoms with Gasteiger partial charge in [-0.05, 0) is 79.6 Å². The van der Waals surface area contributed by atoms with E-state index in [1.807, 2.05) is 0 Å². The molecule has 0 saturated heterocycles. The highest BCUT2D eigenvalue weighted by atomic mass is 32.3. The summed E-state index contributed by atoms with van der Waals surface area (Å²) >= 11 is 0. The minimum atomic E-state index is -0.304. The molecule has 120 valence electrons. The van der Waals surface area contributed by atoms with Crippen molar-refractivity contribution in [3.63, 3.8) is 0 Å². The van der Waals surface area contributed by atoms with Crippen molar-refractivity contribution in [3.05, 3.63) is 35.4 Å². The second-order valence-electron chi connectivity index (χ2n) is 7.95. The lowest BCUT2D eigenvalue weighted by Gasteiger charge is -2.26. The van der Waals surface area contributed by atoms with Gasteiger partial charge >= 0.3 is 0 Å². The Morgan fingerprint density at radius 1 is 0.905 bits per heavy atom. The first-order valence-corrected chi connectivity index (χ1v) is 11.7. The van der Waals surface area contributed by atoms with E-state index in [1.165, 1.54) is 56.3 Å². The Balaban J connectivity index is 1.77. The quantitative estimate of drug-likeness (QED) is 0.566. The van der Waals surface area contributed by atoms with Crippen LogP contribution < -0.4 is 0 Å². The average molecular weight is 307 g/mol. The third-order valence-corrected chi connectivity index (χ3v) is 6.45. The van der Waals surface area contributed by atoms with E-state index in [0.29, 0.717) is 0 Å². The molecule has 1 aliphatic carbocycles. The lowest BCUT2D eigenvalue weighted by Crippen LogP contribution is -2.10. The van der Waals surface area contributed by atoms with Gasteiger partial charge in [0.1, 0.15) is 0 Å². The van der Waals surface area contributed by atoms with Crippen LogP contribution >= 0.6 is 10.0 Å². The van der Waals surface area contributed by atoms with Crippen LogP contribution in [-0.4, -0.2) is 24.5 Å². The molecule has 0 aromatic heterocycles. The van der Waals surface area contributed by atoms with Crippen molar-refractivity contribution in [1.82, 2.24) is 0 Å². The number of benzene rings is 1. The molecule has 1 fully saturated rings. The molecule has 1 heteroatoms. The van der Waals surface area contributed by atoms with Crippen LogP contribution in [0, 0.1) is 5.92 Å². The molecule has 0 amide bonds. The maximum Gasteiger partial charge on any atom is -0.0162 e. The zero-order chi connectivity index (χ0) is 15.3. The topological polar surface area (TPSA) is 0 Å². The Kier molecular flexibility index (Phi) is 6.22. The van der Waals surface area contributed by atoms with Crippen molar-refractivity contribution in [2.24, 2.45) is 5.92 Å². The molecule has 0 heterocycles. The zero-order valence-corrected chi connectivity index (χ0v) is 15.3. The SMILES string of the molecule is CC1CCC(c2ccc(CCCCS(C)(C)C)cc2)CC1. The Labute approximate surface area is 134 Å². The van der Waals surface area contributed by atoms with Gasteiger partial charge in [-0.2, -0.15) is 0 Å². The summed E-state index contributed by atoms with van der Waals surface area (Å²) < 4.78 is 0. The summed E-state index contributed by atoms with van der Waals surface area (Å²) in [6.45, 7) is 2.40. The summed E-state index contributed by atoms with van der Waals surface area (Å²) in [5, 5.41) is 0. The van der Waals surface area contributed by atoms with Gasteiger partial charge in [0.15, 0.2) is 0 Å².